The van der Waals surface area contributed by atoms with E-state index in [1.165, 1.54) is 0 Å². The predicted octanol–water partition coefficient (Wildman–Crippen LogP) is 1.52. The Labute approximate surface area is 275 Å². The molecule has 0 saturated carbocycles. The molecule has 0 aliphatic rings. The maximum Gasteiger partial charge on any atom is 0 e. The first-order chi connectivity index (χ1) is 0. The molecule has 0 rings (SSSR count). The molecule has 8 radical (unpaired) electrons. The Kier molecular flexibility index (Phi) is 629. The smallest absolute Gasteiger partial charge is 0 e. The van der Waals surface area contributed by atoms with Crippen LogP contribution in [-0.2, 0) is 262 Å². The largest absolute Gasteiger partial charge is 0.358 e. The fourth-order valence-corrected chi connectivity index (χ4v) is 0. The molecular formula is C3H10Y8-2. The molecule has 0 fully saturated rings. The van der Waals surface area contributed by atoms with Crippen molar-refractivity contribution in [2.75, 3.05) is 0 Å². The van der Waals surface area contributed by atoms with Gasteiger partial charge >= 0.3 is 0 Å². The average Bonchev–Trinajstić information content (AvgIpc) is 0. The molecule has 0 unspecified atom stereocenters. The van der Waals surface area contributed by atoms with Crippen LogP contribution < -0.4 is 0 Å². The summed E-state index contributed by atoms with van der Waals surface area (Å²) in [6, 6.07) is 0. The van der Waals surface area contributed by atoms with Gasteiger partial charge < -0.3 is 14.9 Å². The molecule has 0 aromatic carbocycles. The Morgan fingerprint density at radius 3 is 0.273 bits per heavy atom. The van der Waals surface area contributed by atoms with Crippen LogP contribution in [0.3, 0.4) is 0 Å². The minimum absolute atomic E-state index is 0. The van der Waals surface area contributed by atoms with Crippen LogP contribution in [0.25, 0.3) is 0 Å². The maximum absolute atomic E-state index is 0. The fraction of sp³-hybridized carbons (Fsp3) is 0.333. The van der Waals surface area contributed by atoms with E-state index >= 15 is 0 Å². The second-order valence-corrected chi connectivity index (χ2v) is 0. The van der Waals surface area contributed by atoms with Crippen molar-refractivity contribution in [1.29, 1.82) is 0 Å². The standard InChI is InChI=1S/CH4.2CH3.8Y/h1H4;2*1H3;;;;;;;;/q;2*-1;;;;;;;;. The molecule has 0 N–H and O–H groups in total. The summed E-state index contributed by atoms with van der Waals surface area (Å²) in [5, 5.41) is 0. The van der Waals surface area contributed by atoms with Crippen molar-refractivity contribution in [2.45, 2.75) is 7.43 Å². The molecule has 0 nitrogen and oxygen atoms in total. The van der Waals surface area contributed by atoms with Gasteiger partial charge in [0.2, 0.25) is 0 Å². The Hall–Kier alpha value is 8.83. The molecule has 0 atom stereocenters. The van der Waals surface area contributed by atoms with E-state index in [1.807, 2.05) is 0 Å². The molecule has 0 bridgehead atoms. The number of rotatable bonds is 0. The van der Waals surface area contributed by atoms with E-state index in [2.05, 4.69) is 0 Å². The van der Waals surface area contributed by atoms with Gasteiger partial charge in [-0.15, -0.1) is 0 Å². The summed E-state index contributed by atoms with van der Waals surface area (Å²) in [7, 11) is 0. The van der Waals surface area contributed by atoms with Crippen LogP contribution in [0.15, 0.2) is 0 Å². The van der Waals surface area contributed by atoms with Crippen LogP contribution in [0.4, 0.5) is 0 Å². The molecule has 0 aromatic heterocycles. The molecule has 0 amide bonds. The van der Waals surface area contributed by atoms with Crippen LogP contribution in [0, 0.1) is 14.9 Å². The van der Waals surface area contributed by atoms with E-state index in [1.54, 1.807) is 0 Å². The van der Waals surface area contributed by atoms with Gasteiger partial charge in [-0.1, -0.05) is 7.43 Å². The van der Waals surface area contributed by atoms with Gasteiger partial charge in [0.05, 0.1) is 0 Å². The summed E-state index contributed by atoms with van der Waals surface area (Å²) in [6.07, 6.45) is 0. The van der Waals surface area contributed by atoms with Crippen molar-refractivity contribution in [3.63, 3.8) is 0 Å². The molecule has 0 saturated heterocycles. The Bertz CT molecular complexity index is 9.30. The summed E-state index contributed by atoms with van der Waals surface area (Å²) < 4.78 is 0. The van der Waals surface area contributed by atoms with Gasteiger partial charge in [-0.05, 0) is 0 Å². The summed E-state index contributed by atoms with van der Waals surface area (Å²) in [5.41, 5.74) is 0. The van der Waals surface area contributed by atoms with Crippen LogP contribution >= 0.6 is 0 Å². The molecule has 0 aliphatic carbocycles. The first-order valence-electron chi connectivity index (χ1n) is 0. The number of hydrogen-bond donors (Lipinski definition) is 0. The summed E-state index contributed by atoms with van der Waals surface area (Å²) in [4.78, 5) is 0. The van der Waals surface area contributed by atoms with Crippen LogP contribution in [-0.4, -0.2) is 0 Å². The third-order valence-electron chi connectivity index (χ3n) is 0. The van der Waals surface area contributed by atoms with Gasteiger partial charge in [-0.3, -0.25) is 0 Å². The van der Waals surface area contributed by atoms with E-state index in [9.17, 15) is 0 Å². The molecule has 0 spiro atoms. The second kappa shape index (κ2) is 76.8. The minimum atomic E-state index is 0. The van der Waals surface area contributed by atoms with Gasteiger partial charge in [0.15, 0.2) is 0 Å². The molecule has 48 valence electrons. The summed E-state index contributed by atoms with van der Waals surface area (Å²) >= 11 is 0. The van der Waals surface area contributed by atoms with Crippen molar-refractivity contribution < 1.29 is 262 Å². The average molecular weight is 757 g/mol. The third kappa shape index (κ3) is 68.4. The third-order valence-corrected chi connectivity index (χ3v) is 0. The van der Waals surface area contributed by atoms with E-state index in [0.717, 1.165) is 0 Å². The van der Waals surface area contributed by atoms with Gasteiger partial charge in [-0.25, -0.2) is 0 Å². The van der Waals surface area contributed by atoms with E-state index < -0.39 is 0 Å². The zero-order valence-corrected chi connectivity index (χ0v) is 29.3. The van der Waals surface area contributed by atoms with Crippen molar-refractivity contribution in [1.82, 2.24) is 0 Å². The summed E-state index contributed by atoms with van der Waals surface area (Å²) in [6.45, 7) is 0. The van der Waals surface area contributed by atoms with Gasteiger partial charge in [-0.2, -0.15) is 0 Å². The normalized spacial score (nSPS) is 0. The van der Waals surface area contributed by atoms with Gasteiger partial charge in [0.25, 0.3) is 0 Å². The maximum atomic E-state index is 0. The van der Waals surface area contributed by atoms with Gasteiger partial charge in [0.1, 0.15) is 0 Å². The monoisotopic (exact) mass is 757 g/mol. The van der Waals surface area contributed by atoms with E-state index in [0.29, 0.717) is 0 Å². The zero-order chi connectivity index (χ0) is 0. The first kappa shape index (κ1) is 90.2. The van der Waals surface area contributed by atoms with Crippen molar-refractivity contribution in [3.8, 4) is 0 Å². The van der Waals surface area contributed by atoms with Crippen LogP contribution in [0.2, 0.25) is 0 Å². The first-order valence-corrected chi connectivity index (χ1v) is 0. The van der Waals surface area contributed by atoms with Crippen molar-refractivity contribution >= 4 is 0 Å². The molecule has 8 heteroatoms. The van der Waals surface area contributed by atoms with E-state index in [4.69, 9.17) is 0 Å². The molecule has 0 heterocycles. The molecular weight excluding hydrogens is 747 g/mol. The van der Waals surface area contributed by atoms with Crippen LogP contribution in [0.1, 0.15) is 7.43 Å². The topological polar surface area (TPSA) is 0 Å². The molecule has 0 aliphatic heterocycles. The predicted molar refractivity (Wildman–Crippen MR) is 19.6 cm³/mol. The Morgan fingerprint density at radius 2 is 0.273 bits per heavy atom. The zero-order valence-electron chi connectivity index (χ0n) is 6.62. The Morgan fingerprint density at radius 1 is 0.273 bits per heavy atom. The Balaban J connectivity index is 0. The van der Waals surface area contributed by atoms with Gasteiger partial charge in [0, 0.05) is 262 Å². The van der Waals surface area contributed by atoms with Crippen molar-refractivity contribution in [2.24, 2.45) is 0 Å². The molecule has 11 heavy (non-hydrogen) atoms. The quantitative estimate of drug-likeness (QED) is 0.330. The SMILES string of the molecule is C.[CH3-].[CH3-].[Y].[Y].[Y].[Y].[Y].[Y].[Y].[Y]. The van der Waals surface area contributed by atoms with Crippen LogP contribution in [0.5, 0.6) is 0 Å². The number of hydrogen-bond acceptors (Lipinski definition) is 0. The van der Waals surface area contributed by atoms with Crippen molar-refractivity contribution in [3.05, 3.63) is 14.9 Å². The minimum Gasteiger partial charge on any atom is -0.358 e. The second-order valence-electron chi connectivity index (χ2n) is 0. The fourth-order valence-electron chi connectivity index (χ4n) is 0. The van der Waals surface area contributed by atoms with E-state index in [-0.39, 0.29) is 284 Å². The molecule has 0 aromatic rings. The summed E-state index contributed by atoms with van der Waals surface area (Å²) in [5.74, 6) is 0.